The van der Waals surface area contributed by atoms with Gasteiger partial charge in [0.15, 0.2) is 0 Å². The van der Waals surface area contributed by atoms with Crippen molar-refractivity contribution in [1.29, 1.82) is 0 Å². The van der Waals surface area contributed by atoms with Gasteiger partial charge in [-0.15, -0.1) is 11.8 Å². The maximum atomic E-state index is 12.0. The topological polar surface area (TPSA) is 26.3 Å². The van der Waals surface area contributed by atoms with Crippen LogP contribution in [0.1, 0.15) is 40.0 Å². The molecule has 0 saturated carbocycles. The number of thioether (sulfide) groups is 1. The molecule has 0 N–H and O–H groups in total. The summed E-state index contributed by atoms with van der Waals surface area (Å²) in [6.45, 7) is 5.34. The first-order valence-electron chi connectivity index (χ1n) is 5.65. The molecule has 17 heavy (non-hydrogen) atoms. The number of rotatable bonds is 7. The van der Waals surface area contributed by atoms with Crippen molar-refractivity contribution in [1.82, 2.24) is 0 Å². The van der Waals surface area contributed by atoms with Crippen LogP contribution < -0.4 is 0 Å². The predicted octanol–water partition coefficient (Wildman–Crippen LogP) is 3.79. The summed E-state index contributed by atoms with van der Waals surface area (Å²) in [7, 11) is 0. The third-order valence-corrected chi connectivity index (χ3v) is 3.14. The van der Waals surface area contributed by atoms with Gasteiger partial charge in [-0.2, -0.15) is 13.2 Å². The van der Waals surface area contributed by atoms with E-state index in [1.54, 1.807) is 13.8 Å². The first-order valence-corrected chi connectivity index (χ1v) is 6.70. The Bertz CT molecular complexity index is 229. The van der Waals surface area contributed by atoms with Crippen LogP contribution in [0.2, 0.25) is 0 Å². The van der Waals surface area contributed by atoms with E-state index >= 15 is 0 Å². The summed E-state index contributed by atoms with van der Waals surface area (Å²) in [5, 5.41) is -0.482. The molecule has 0 bridgehead atoms. The normalized spacial score (nSPS) is 13.8. The lowest BCUT2D eigenvalue weighted by Gasteiger charge is -2.17. The molecule has 0 aliphatic carbocycles. The maximum absolute atomic E-state index is 12.0. The molecular weight excluding hydrogens is 253 g/mol. The Morgan fingerprint density at radius 2 is 1.94 bits per heavy atom. The summed E-state index contributed by atoms with van der Waals surface area (Å²) < 4.78 is 40.9. The van der Waals surface area contributed by atoms with Gasteiger partial charge in [-0.1, -0.05) is 13.3 Å². The lowest BCUT2D eigenvalue weighted by Crippen LogP contribution is -2.24. The van der Waals surface area contributed by atoms with Crippen molar-refractivity contribution in [2.75, 3.05) is 5.75 Å². The zero-order chi connectivity index (χ0) is 13.5. The highest BCUT2D eigenvalue weighted by Gasteiger charge is 2.28. The Balaban J connectivity index is 4.10. The Morgan fingerprint density at radius 1 is 1.35 bits per heavy atom. The van der Waals surface area contributed by atoms with Gasteiger partial charge in [0.25, 0.3) is 0 Å². The molecule has 0 aromatic rings. The van der Waals surface area contributed by atoms with Crippen molar-refractivity contribution in [2.24, 2.45) is 0 Å². The molecule has 0 radical (unpaired) electrons. The Kier molecular flexibility index (Phi) is 7.66. The number of halogens is 3. The summed E-state index contributed by atoms with van der Waals surface area (Å²) in [4.78, 5) is 11.6. The summed E-state index contributed by atoms with van der Waals surface area (Å²) in [5.74, 6) is -0.504. The van der Waals surface area contributed by atoms with Crippen molar-refractivity contribution in [2.45, 2.75) is 57.6 Å². The van der Waals surface area contributed by atoms with Gasteiger partial charge in [0, 0.05) is 5.75 Å². The van der Waals surface area contributed by atoms with Gasteiger partial charge < -0.3 is 4.74 Å². The number of esters is 1. The fourth-order valence-corrected chi connectivity index (χ4v) is 2.38. The second-order valence-corrected chi connectivity index (χ2v) is 5.31. The molecule has 0 spiro atoms. The van der Waals surface area contributed by atoms with Crippen molar-refractivity contribution in [3.05, 3.63) is 0 Å². The second kappa shape index (κ2) is 7.84. The second-order valence-electron chi connectivity index (χ2n) is 4.00. The average molecular weight is 272 g/mol. The van der Waals surface area contributed by atoms with Crippen LogP contribution >= 0.6 is 11.8 Å². The standard InChI is InChI=1S/C11H19F3O2S/c1-4-5-9(10(15)16-8(2)3)17-7-6-11(12,13)14/h8-9H,4-7H2,1-3H3. The van der Waals surface area contributed by atoms with E-state index in [2.05, 4.69) is 0 Å². The Hall–Kier alpha value is -0.390. The molecule has 0 aliphatic heterocycles. The lowest BCUT2D eigenvalue weighted by atomic mass is 10.2. The molecule has 0 aromatic carbocycles. The summed E-state index contributed by atoms with van der Waals surface area (Å²) in [6.07, 6.45) is -3.96. The molecule has 102 valence electrons. The SMILES string of the molecule is CCCC(SCCC(F)(F)F)C(=O)OC(C)C. The van der Waals surface area contributed by atoms with Crippen LogP contribution in [0.15, 0.2) is 0 Å². The summed E-state index contributed by atoms with van der Waals surface area (Å²) in [6, 6.07) is 0. The fourth-order valence-electron chi connectivity index (χ4n) is 1.16. The van der Waals surface area contributed by atoms with Crippen LogP contribution in [0.3, 0.4) is 0 Å². The maximum Gasteiger partial charge on any atom is 0.389 e. The van der Waals surface area contributed by atoms with E-state index in [1.165, 1.54) is 0 Å². The number of hydrogen-bond acceptors (Lipinski definition) is 3. The fraction of sp³-hybridized carbons (Fsp3) is 0.909. The molecule has 0 fully saturated rings. The van der Waals surface area contributed by atoms with Crippen LogP contribution in [-0.4, -0.2) is 29.3 Å². The largest absolute Gasteiger partial charge is 0.462 e. The average Bonchev–Trinajstić information content (AvgIpc) is 2.13. The molecule has 0 heterocycles. The minimum absolute atomic E-state index is 0.0959. The van der Waals surface area contributed by atoms with E-state index in [-0.39, 0.29) is 11.9 Å². The van der Waals surface area contributed by atoms with E-state index in [4.69, 9.17) is 4.74 Å². The molecule has 6 heteroatoms. The Labute approximate surface area is 104 Å². The van der Waals surface area contributed by atoms with E-state index in [0.29, 0.717) is 6.42 Å². The zero-order valence-corrected chi connectivity index (χ0v) is 11.2. The van der Waals surface area contributed by atoms with Gasteiger partial charge in [0.05, 0.1) is 12.5 Å². The quantitative estimate of drug-likeness (QED) is 0.659. The minimum Gasteiger partial charge on any atom is -0.462 e. The monoisotopic (exact) mass is 272 g/mol. The van der Waals surface area contributed by atoms with Crippen LogP contribution in [0.25, 0.3) is 0 Å². The van der Waals surface area contributed by atoms with E-state index in [1.807, 2.05) is 6.92 Å². The highest BCUT2D eigenvalue weighted by Crippen LogP contribution is 2.26. The number of carbonyl (C=O) groups is 1. The van der Waals surface area contributed by atoms with Gasteiger partial charge in [-0.3, -0.25) is 4.79 Å². The molecular formula is C11H19F3O2S. The molecule has 0 rings (SSSR count). The highest BCUT2D eigenvalue weighted by atomic mass is 32.2. The van der Waals surface area contributed by atoms with Gasteiger partial charge in [0.2, 0.25) is 0 Å². The van der Waals surface area contributed by atoms with E-state index in [9.17, 15) is 18.0 Å². The smallest absolute Gasteiger partial charge is 0.389 e. The van der Waals surface area contributed by atoms with E-state index < -0.39 is 23.8 Å². The van der Waals surface area contributed by atoms with Crippen LogP contribution in [0, 0.1) is 0 Å². The zero-order valence-electron chi connectivity index (χ0n) is 10.3. The van der Waals surface area contributed by atoms with Crippen LogP contribution in [-0.2, 0) is 9.53 Å². The molecule has 1 atom stereocenters. The molecule has 2 nitrogen and oxygen atoms in total. The first-order chi connectivity index (χ1) is 7.76. The minimum atomic E-state index is -4.16. The Morgan fingerprint density at radius 3 is 2.35 bits per heavy atom. The van der Waals surface area contributed by atoms with Gasteiger partial charge >= 0.3 is 12.1 Å². The third kappa shape index (κ3) is 9.32. The van der Waals surface area contributed by atoms with Crippen molar-refractivity contribution in [3.8, 4) is 0 Å². The van der Waals surface area contributed by atoms with Crippen LogP contribution in [0.4, 0.5) is 13.2 Å². The van der Waals surface area contributed by atoms with Crippen molar-refractivity contribution in [3.63, 3.8) is 0 Å². The van der Waals surface area contributed by atoms with Gasteiger partial charge in [-0.05, 0) is 20.3 Å². The predicted molar refractivity (Wildman–Crippen MR) is 63.1 cm³/mol. The highest BCUT2D eigenvalue weighted by molar-refractivity contribution is 8.00. The third-order valence-electron chi connectivity index (χ3n) is 1.87. The van der Waals surface area contributed by atoms with Crippen LogP contribution in [0.5, 0.6) is 0 Å². The van der Waals surface area contributed by atoms with Gasteiger partial charge in [0.1, 0.15) is 5.25 Å². The number of carbonyl (C=O) groups excluding carboxylic acids is 1. The number of hydrogen-bond donors (Lipinski definition) is 0. The van der Waals surface area contributed by atoms with Crippen molar-refractivity contribution < 1.29 is 22.7 Å². The first kappa shape index (κ1) is 16.6. The van der Waals surface area contributed by atoms with Crippen molar-refractivity contribution >= 4 is 17.7 Å². The molecule has 0 amide bonds. The molecule has 1 unspecified atom stereocenters. The number of ether oxygens (including phenoxy) is 1. The molecule has 0 aromatic heterocycles. The van der Waals surface area contributed by atoms with Gasteiger partial charge in [-0.25, -0.2) is 0 Å². The van der Waals surface area contributed by atoms with E-state index in [0.717, 1.165) is 18.2 Å². The number of alkyl halides is 3. The molecule has 0 aliphatic rings. The summed E-state index contributed by atoms with van der Waals surface area (Å²) >= 11 is 1.03. The molecule has 0 saturated heterocycles. The summed E-state index contributed by atoms with van der Waals surface area (Å²) in [5.41, 5.74) is 0. The lowest BCUT2D eigenvalue weighted by molar-refractivity contribution is -0.147.